The zero-order chi connectivity index (χ0) is 26.5. The van der Waals surface area contributed by atoms with Crippen molar-refractivity contribution >= 4 is 11.6 Å². The Kier molecular flexibility index (Phi) is 9.18. The molecular weight excluding hydrogens is 444 g/mol. The van der Waals surface area contributed by atoms with E-state index in [-0.39, 0.29) is 17.0 Å². The Hall–Kier alpha value is -3.22. The summed E-state index contributed by atoms with van der Waals surface area (Å²) >= 11 is 0. The van der Waals surface area contributed by atoms with Crippen molar-refractivity contribution in [1.29, 1.82) is 0 Å². The molecule has 6 nitrogen and oxygen atoms in total. The van der Waals surface area contributed by atoms with Crippen LogP contribution in [0, 0.1) is 0 Å². The number of carbonyl (C=O) groups excluding carboxylic acids is 2. The molecule has 0 aliphatic rings. The maximum Gasteiger partial charge on any atom is 0.201 e. The molecule has 2 aromatic rings. The first-order valence-electron chi connectivity index (χ1n) is 11.6. The van der Waals surface area contributed by atoms with Gasteiger partial charge in [0.15, 0.2) is 12.2 Å². The van der Waals surface area contributed by atoms with Crippen molar-refractivity contribution in [2.24, 2.45) is 0 Å². The summed E-state index contributed by atoms with van der Waals surface area (Å²) in [6.07, 6.45) is -3.98. The van der Waals surface area contributed by atoms with Gasteiger partial charge < -0.3 is 19.7 Å². The first kappa shape index (κ1) is 28.0. The van der Waals surface area contributed by atoms with E-state index < -0.39 is 24.4 Å². The molecule has 35 heavy (non-hydrogen) atoms. The van der Waals surface area contributed by atoms with Gasteiger partial charge >= 0.3 is 0 Å². The average molecular weight is 481 g/mol. The van der Waals surface area contributed by atoms with Crippen LogP contribution in [0.4, 0.5) is 0 Å². The van der Waals surface area contributed by atoms with Crippen molar-refractivity contribution in [2.75, 3.05) is 0 Å². The van der Waals surface area contributed by atoms with E-state index in [2.05, 4.69) is 27.0 Å². The number of benzene rings is 2. The first-order valence-corrected chi connectivity index (χ1v) is 11.6. The monoisotopic (exact) mass is 480 g/mol. The summed E-state index contributed by atoms with van der Waals surface area (Å²) in [5.74, 6) is 0.268. The number of carbonyl (C=O) groups is 2. The average Bonchev–Trinajstić information content (AvgIpc) is 2.80. The Bertz CT molecular complexity index is 976. The number of Topliss-reactive ketones (excluding diaryl/α,β-unsaturated/α-hetero) is 2. The molecular formula is C29H36O6. The first-order chi connectivity index (χ1) is 16.2. The van der Waals surface area contributed by atoms with Gasteiger partial charge in [0, 0.05) is 5.41 Å². The van der Waals surface area contributed by atoms with E-state index in [0.717, 1.165) is 11.1 Å². The van der Waals surface area contributed by atoms with Crippen LogP contribution in [0.2, 0.25) is 0 Å². The van der Waals surface area contributed by atoms with Crippen LogP contribution >= 0.6 is 0 Å². The van der Waals surface area contributed by atoms with E-state index in [1.165, 1.54) is 13.8 Å². The van der Waals surface area contributed by atoms with Crippen molar-refractivity contribution in [3.63, 3.8) is 0 Å². The van der Waals surface area contributed by atoms with Gasteiger partial charge in [-0.2, -0.15) is 0 Å². The van der Waals surface area contributed by atoms with Crippen molar-refractivity contribution < 1.29 is 29.3 Å². The fourth-order valence-electron chi connectivity index (χ4n) is 3.59. The molecule has 2 aromatic carbocycles. The number of hydrogen-bond donors (Lipinski definition) is 2. The van der Waals surface area contributed by atoms with Crippen molar-refractivity contribution in [3.05, 3.63) is 84.0 Å². The number of aliphatic hydroxyl groups is 2. The summed E-state index contributed by atoms with van der Waals surface area (Å²) in [5.41, 5.74) is 2.30. The second-order valence-electron chi connectivity index (χ2n) is 9.52. The molecule has 2 N–H and O–H groups in total. The molecule has 0 radical (unpaired) electrons. The van der Waals surface area contributed by atoms with Crippen LogP contribution in [0.15, 0.2) is 72.8 Å². The van der Waals surface area contributed by atoms with Gasteiger partial charge in [0.05, 0.1) is 12.2 Å². The molecule has 0 saturated heterocycles. The van der Waals surface area contributed by atoms with Gasteiger partial charge in [-0.05, 0) is 74.2 Å². The Labute approximate surface area is 207 Å². The summed E-state index contributed by atoms with van der Waals surface area (Å²) in [5, 5.41) is 19.9. The lowest BCUT2D eigenvalue weighted by atomic mass is 9.78. The number of ketones is 2. The highest BCUT2D eigenvalue weighted by Gasteiger charge is 2.28. The van der Waals surface area contributed by atoms with Crippen LogP contribution in [0.5, 0.6) is 11.5 Å². The van der Waals surface area contributed by atoms with E-state index in [4.69, 9.17) is 9.47 Å². The minimum Gasteiger partial charge on any atom is -0.480 e. The van der Waals surface area contributed by atoms with Crippen molar-refractivity contribution in [2.45, 2.75) is 71.4 Å². The van der Waals surface area contributed by atoms with E-state index in [1.54, 1.807) is 38.1 Å². The highest BCUT2D eigenvalue weighted by atomic mass is 16.5. The van der Waals surface area contributed by atoms with Crippen LogP contribution in [0.1, 0.15) is 52.7 Å². The van der Waals surface area contributed by atoms with Crippen molar-refractivity contribution in [3.8, 4) is 11.5 Å². The molecule has 0 bridgehead atoms. The lowest BCUT2D eigenvalue weighted by Gasteiger charge is -2.27. The van der Waals surface area contributed by atoms with Gasteiger partial charge in [-0.3, -0.25) is 9.59 Å². The maximum absolute atomic E-state index is 12.3. The smallest absolute Gasteiger partial charge is 0.201 e. The second kappa shape index (κ2) is 11.5. The number of aliphatic hydroxyl groups excluding tert-OH is 2. The summed E-state index contributed by atoms with van der Waals surface area (Å²) in [7, 11) is 0. The third kappa shape index (κ3) is 6.90. The molecule has 0 heterocycles. The zero-order valence-electron chi connectivity index (χ0n) is 21.4. The highest BCUT2D eigenvalue weighted by Crippen LogP contribution is 2.34. The number of hydrogen-bond acceptors (Lipinski definition) is 6. The van der Waals surface area contributed by atoms with Crippen LogP contribution in [-0.4, -0.2) is 46.2 Å². The van der Waals surface area contributed by atoms with E-state index in [0.29, 0.717) is 22.6 Å². The van der Waals surface area contributed by atoms with Crippen LogP contribution in [0.25, 0.3) is 0 Å². The standard InChI is InChI=1S/C29H36O6/c1-17(2)25(32)27(19(5)30)34-23-13-9-21(10-14-23)29(7,8)22-11-15-24(16-12-22)35-28(20(6)31)26(33)18(3)4/h9-16,19-20,27-28,30-31H,1,3H2,2,4-8H3. The van der Waals surface area contributed by atoms with Gasteiger partial charge in [0.1, 0.15) is 11.5 Å². The Morgan fingerprint density at radius 3 is 1.23 bits per heavy atom. The van der Waals surface area contributed by atoms with E-state index in [1.807, 2.05) is 24.3 Å². The molecule has 0 spiro atoms. The van der Waals surface area contributed by atoms with Crippen molar-refractivity contribution in [1.82, 2.24) is 0 Å². The fourth-order valence-corrected chi connectivity index (χ4v) is 3.59. The van der Waals surface area contributed by atoms with Gasteiger partial charge in [0.2, 0.25) is 11.6 Å². The topological polar surface area (TPSA) is 93.1 Å². The van der Waals surface area contributed by atoms with Gasteiger partial charge in [-0.25, -0.2) is 0 Å². The molecule has 2 rings (SSSR count). The molecule has 0 aliphatic carbocycles. The molecule has 4 unspecified atom stereocenters. The minimum atomic E-state index is -1.01. The molecule has 4 atom stereocenters. The Balaban J connectivity index is 2.20. The zero-order valence-corrected chi connectivity index (χ0v) is 21.4. The molecule has 6 heteroatoms. The third-order valence-corrected chi connectivity index (χ3v) is 5.91. The largest absolute Gasteiger partial charge is 0.480 e. The van der Waals surface area contributed by atoms with Gasteiger partial charge in [-0.1, -0.05) is 51.3 Å². The molecule has 0 saturated carbocycles. The lowest BCUT2D eigenvalue weighted by Crippen LogP contribution is -2.37. The second-order valence-corrected chi connectivity index (χ2v) is 9.52. The molecule has 0 amide bonds. The summed E-state index contributed by atoms with van der Waals surface area (Å²) in [4.78, 5) is 24.5. The lowest BCUT2D eigenvalue weighted by molar-refractivity contribution is -0.127. The van der Waals surface area contributed by atoms with Crippen LogP contribution in [-0.2, 0) is 15.0 Å². The predicted molar refractivity (Wildman–Crippen MR) is 137 cm³/mol. The molecule has 0 fully saturated rings. The number of ether oxygens (including phenoxy) is 2. The normalized spacial score (nSPS) is 14.9. The third-order valence-electron chi connectivity index (χ3n) is 5.91. The van der Waals surface area contributed by atoms with Gasteiger partial charge in [0.25, 0.3) is 0 Å². The summed E-state index contributed by atoms with van der Waals surface area (Å²) in [6.45, 7) is 17.6. The minimum absolute atomic E-state index is 0.324. The fraction of sp³-hybridized carbons (Fsp3) is 0.379. The van der Waals surface area contributed by atoms with Crippen LogP contribution < -0.4 is 9.47 Å². The molecule has 188 valence electrons. The van der Waals surface area contributed by atoms with Gasteiger partial charge in [-0.15, -0.1) is 0 Å². The Morgan fingerprint density at radius 1 is 0.714 bits per heavy atom. The predicted octanol–water partition coefficient (Wildman–Crippen LogP) is 4.56. The summed E-state index contributed by atoms with van der Waals surface area (Å²) < 4.78 is 11.5. The van der Waals surface area contributed by atoms with Crippen LogP contribution in [0.3, 0.4) is 0 Å². The Morgan fingerprint density at radius 2 is 1.00 bits per heavy atom. The summed E-state index contributed by atoms with van der Waals surface area (Å²) in [6, 6.07) is 14.7. The highest BCUT2D eigenvalue weighted by molar-refractivity contribution is 5.98. The van der Waals surface area contributed by atoms with E-state index >= 15 is 0 Å². The quantitative estimate of drug-likeness (QED) is 0.433. The SMILES string of the molecule is C=C(C)C(=O)C(Oc1ccc(C(C)(C)c2ccc(OC(C(=O)C(=C)C)C(C)O)cc2)cc1)C(C)O. The molecule has 0 aliphatic heterocycles. The van der Waals surface area contributed by atoms with E-state index in [9.17, 15) is 19.8 Å². The maximum atomic E-state index is 12.3. The molecule has 0 aromatic heterocycles. The number of rotatable bonds is 12.